The SMILES string of the molecule is COc1nccnc1CN1CCN(C(=O)OC(C)(C)C)C[C@H]1C. The zero-order valence-corrected chi connectivity index (χ0v) is 14.6. The second-order valence-electron chi connectivity index (χ2n) is 6.76. The lowest BCUT2D eigenvalue weighted by Gasteiger charge is -2.40. The predicted octanol–water partition coefficient (Wildman–Crippen LogP) is 1.93. The van der Waals surface area contributed by atoms with Gasteiger partial charge in [0.2, 0.25) is 5.88 Å². The minimum Gasteiger partial charge on any atom is -0.480 e. The molecule has 1 atom stereocenters. The van der Waals surface area contributed by atoms with Crippen LogP contribution in [0.25, 0.3) is 0 Å². The molecule has 0 bridgehead atoms. The van der Waals surface area contributed by atoms with E-state index in [1.807, 2.05) is 20.8 Å². The lowest BCUT2D eigenvalue weighted by atomic mass is 10.2. The number of carbonyl (C=O) groups is 1. The number of amides is 1. The van der Waals surface area contributed by atoms with Crippen molar-refractivity contribution >= 4 is 6.09 Å². The average Bonchev–Trinajstić information content (AvgIpc) is 2.48. The Balaban J connectivity index is 1.95. The average molecular weight is 322 g/mol. The van der Waals surface area contributed by atoms with E-state index in [1.54, 1.807) is 24.4 Å². The summed E-state index contributed by atoms with van der Waals surface area (Å²) >= 11 is 0. The number of piperazine rings is 1. The lowest BCUT2D eigenvalue weighted by Crippen LogP contribution is -2.54. The van der Waals surface area contributed by atoms with E-state index in [4.69, 9.17) is 9.47 Å². The minimum atomic E-state index is -0.468. The minimum absolute atomic E-state index is 0.211. The molecular formula is C16H26N4O3. The van der Waals surface area contributed by atoms with Crippen LogP contribution in [0.4, 0.5) is 4.79 Å². The summed E-state index contributed by atoms with van der Waals surface area (Å²) in [5.41, 5.74) is 0.345. The van der Waals surface area contributed by atoms with E-state index in [0.717, 1.165) is 12.2 Å². The molecule has 1 aliphatic rings. The third-order valence-electron chi connectivity index (χ3n) is 3.70. The molecule has 23 heavy (non-hydrogen) atoms. The van der Waals surface area contributed by atoms with Crippen LogP contribution in [-0.2, 0) is 11.3 Å². The number of aromatic nitrogens is 2. The molecule has 0 N–H and O–H groups in total. The fraction of sp³-hybridized carbons (Fsp3) is 0.688. The van der Waals surface area contributed by atoms with Crippen molar-refractivity contribution in [1.29, 1.82) is 0 Å². The van der Waals surface area contributed by atoms with E-state index in [2.05, 4.69) is 21.8 Å². The highest BCUT2D eigenvalue weighted by Gasteiger charge is 2.30. The number of ether oxygens (including phenoxy) is 2. The molecule has 1 saturated heterocycles. The number of hydrogen-bond donors (Lipinski definition) is 0. The molecule has 0 unspecified atom stereocenters. The fourth-order valence-electron chi connectivity index (χ4n) is 2.55. The van der Waals surface area contributed by atoms with E-state index in [9.17, 15) is 4.79 Å². The van der Waals surface area contributed by atoms with Crippen LogP contribution in [-0.4, -0.2) is 64.2 Å². The summed E-state index contributed by atoms with van der Waals surface area (Å²) in [5, 5.41) is 0. The summed E-state index contributed by atoms with van der Waals surface area (Å²) in [6.07, 6.45) is 3.03. The first kappa shape index (κ1) is 17.5. The van der Waals surface area contributed by atoms with E-state index in [-0.39, 0.29) is 12.1 Å². The molecule has 0 aliphatic carbocycles. The summed E-state index contributed by atoms with van der Waals surface area (Å²) < 4.78 is 10.7. The second-order valence-corrected chi connectivity index (χ2v) is 6.76. The van der Waals surface area contributed by atoms with Gasteiger partial charge >= 0.3 is 6.09 Å². The largest absolute Gasteiger partial charge is 0.480 e. The van der Waals surface area contributed by atoms with Gasteiger partial charge in [0.15, 0.2) is 0 Å². The van der Waals surface area contributed by atoms with Crippen molar-refractivity contribution in [2.24, 2.45) is 0 Å². The third kappa shape index (κ3) is 4.79. The van der Waals surface area contributed by atoms with Crippen LogP contribution in [0.5, 0.6) is 5.88 Å². The Morgan fingerprint density at radius 1 is 1.30 bits per heavy atom. The van der Waals surface area contributed by atoms with Gasteiger partial charge in [-0.1, -0.05) is 0 Å². The van der Waals surface area contributed by atoms with Gasteiger partial charge in [-0.15, -0.1) is 0 Å². The van der Waals surface area contributed by atoms with E-state index < -0.39 is 5.60 Å². The van der Waals surface area contributed by atoms with Crippen molar-refractivity contribution in [1.82, 2.24) is 19.8 Å². The Morgan fingerprint density at radius 2 is 2.00 bits per heavy atom. The zero-order valence-electron chi connectivity index (χ0n) is 14.6. The first-order chi connectivity index (χ1) is 10.8. The van der Waals surface area contributed by atoms with Gasteiger partial charge in [0.25, 0.3) is 0 Å². The molecule has 7 nitrogen and oxygen atoms in total. The predicted molar refractivity (Wildman–Crippen MR) is 86.3 cm³/mol. The highest BCUT2D eigenvalue weighted by atomic mass is 16.6. The summed E-state index contributed by atoms with van der Waals surface area (Å²) in [7, 11) is 1.59. The van der Waals surface area contributed by atoms with Crippen LogP contribution >= 0.6 is 0 Å². The quantitative estimate of drug-likeness (QED) is 0.847. The number of methoxy groups -OCH3 is 1. The molecular weight excluding hydrogens is 296 g/mol. The van der Waals surface area contributed by atoms with Gasteiger partial charge in [-0.05, 0) is 27.7 Å². The molecule has 1 aromatic heterocycles. The van der Waals surface area contributed by atoms with Crippen LogP contribution in [0, 0.1) is 0 Å². The lowest BCUT2D eigenvalue weighted by molar-refractivity contribution is 0.00431. The van der Waals surface area contributed by atoms with Crippen molar-refractivity contribution in [3.05, 3.63) is 18.1 Å². The highest BCUT2D eigenvalue weighted by Crippen LogP contribution is 2.19. The Bertz CT molecular complexity index is 544. The Labute approximate surface area is 137 Å². The molecule has 0 spiro atoms. The van der Waals surface area contributed by atoms with Crippen molar-refractivity contribution in [3.63, 3.8) is 0 Å². The molecule has 1 aromatic rings. The molecule has 2 rings (SSSR count). The van der Waals surface area contributed by atoms with Gasteiger partial charge < -0.3 is 14.4 Å². The first-order valence-electron chi connectivity index (χ1n) is 7.86. The summed E-state index contributed by atoms with van der Waals surface area (Å²) in [4.78, 5) is 24.7. The zero-order chi connectivity index (χ0) is 17.0. The highest BCUT2D eigenvalue weighted by molar-refractivity contribution is 5.68. The summed E-state index contributed by atoms with van der Waals surface area (Å²) in [6.45, 7) is 10.4. The fourth-order valence-corrected chi connectivity index (χ4v) is 2.55. The molecule has 1 aliphatic heterocycles. The van der Waals surface area contributed by atoms with Crippen LogP contribution < -0.4 is 4.74 Å². The van der Waals surface area contributed by atoms with Crippen molar-refractivity contribution < 1.29 is 14.3 Å². The van der Waals surface area contributed by atoms with Crippen molar-refractivity contribution in [3.8, 4) is 5.88 Å². The third-order valence-corrected chi connectivity index (χ3v) is 3.70. The Kier molecular flexibility index (Phi) is 5.41. The van der Waals surface area contributed by atoms with Crippen molar-refractivity contribution in [2.45, 2.75) is 45.9 Å². The Morgan fingerprint density at radius 3 is 2.61 bits per heavy atom. The number of nitrogens with zero attached hydrogens (tertiary/aromatic N) is 4. The molecule has 0 radical (unpaired) electrons. The summed E-state index contributed by atoms with van der Waals surface area (Å²) in [5.74, 6) is 0.550. The number of hydrogen-bond acceptors (Lipinski definition) is 6. The number of carbonyl (C=O) groups excluding carboxylic acids is 1. The van der Waals surface area contributed by atoms with Crippen molar-refractivity contribution in [2.75, 3.05) is 26.7 Å². The maximum absolute atomic E-state index is 12.2. The van der Waals surface area contributed by atoms with Crippen LogP contribution in [0.2, 0.25) is 0 Å². The maximum Gasteiger partial charge on any atom is 0.410 e. The van der Waals surface area contributed by atoms with E-state index >= 15 is 0 Å². The van der Waals surface area contributed by atoms with Gasteiger partial charge in [0, 0.05) is 44.6 Å². The molecule has 0 aromatic carbocycles. The smallest absolute Gasteiger partial charge is 0.410 e. The summed E-state index contributed by atoms with van der Waals surface area (Å²) in [6, 6.07) is 0.211. The first-order valence-corrected chi connectivity index (χ1v) is 7.86. The van der Waals surface area contributed by atoms with Crippen LogP contribution in [0.1, 0.15) is 33.4 Å². The molecule has 128 valence electrons. The molecule has 1 amide bonds. The topological polar surface area (TPSA) is 67.8 Å². The normalized spacial score (nSPS) is 19.5. The van der Waals surface area contributed by atoms with Crippen LogP contribution in [0.15, 0.2) is 12.4 Å². The van der Waals surface area contributed by atoms with Crippen LogP contribution in [0.3, 0.4) is 0 Å². The van der Waals surface area contributed by atoms with E-state index in [1.165, 1.54) is 0 Å². The molecule has 2 heterocycles. The monoisotopic (exact) mass is 322 g/mol. The van der Waals surface area contributed by atoms with Gasteiger partial charge in [-0.3, -0.25) is 9.88 Å². The second kappa shape index (κ2) is 7.12. The number of rotatable bonds is 3. The standard InChI is InChI=1S/C16H26N4O3/c1-12-10-20(15(21)23-16(2,3)4)9-8-19(12)11-13-14(22-5)18-7-6-17-13/h6-7,12H,8-11H2,1-5H3/t12-/m1/s1. The van der Waals surface area contributed by atoms with Gasteiger partial charge in [-0.25, -0.2) is 9.78 Å². The Hall–Kier alpha value is -1.89. The molecule has 0 saturated carbocycles. The van der Waals surface area contributed by atoms with E-state index in [0.29, 0.717) is 25.5 Å². The molecule has 1 fully saturated rings. The van der Waals surface area contributed by atoms with Gasteiger partial charge in [-0.2, -0.15) is 0 Å². The van der Waals surface area contributed by atoms with Gasteiger partial charge in [0.05, 0.1) is 7.11 Å². The maximum atomic E-state index is 12.2. The molecule has 7 heteroatoms. The van der Waals surface area contributed by atoms with Gasteiger partial charge in [0.1, 0.15) is 11.3 Å².